The lowest BCUT2D eigenvalue weighted by molar-refractivity contribution is -0.384. The Morgan fingerprint density at radius 3 is 2.27 bits per heavy atom. The number of hydrogen-bond donors (Lipinski definition) is 1. The van der Waals surface area contributed by atoms with Gasteiger partial charge in [-0.15, -0.1) is 0 Å². The van der Waals surface area contributed by atoms with Crippen molar-refractivity contribution in [3.05, 3.63) is 39.9 Å². The number of hydrogen-bond acceptors (Lipinski definition) is 3. The Morgan fingerprint density at radius 1 is 1.47 bits per heavy atom. The molecule has 1 N–H and O–H groups in total. The molecule has 0 saturated heterocycles. The van der Waals surface area contributed by atoms with Gasteiger partial charge in [-0.25, -0.2) is 9.18 Å². The zero-order valence-electron chi connectivity index (χ0n) is 7.81. The first-order valence-electron chi connectivity index (χ1n) is 4.03. The van der Waals surface area contributed by atoms with Crippen molar-refractivity contribution in [1.29, 1.82) is 0 Å². The predicted octanol–water partition coefficient (Wildman–Crippen LogP) is 1.86. The van der Waals surface area contributed by atoms with Gasteiger partial charge in [0.2, 0.25) is 5.67 Å². The van der Waals surface area contributed by atoms with Crippen LogP contribution in [0.2, 0.25) is 0 Å². The number of nitro groups is 1. The second kappa shape index (κ2) is 3.64. The summed E-state index contributed by atoms with van der Waals surface area (Å²) in [5.74, 6) is -1.63. The smallest absolute Gasteiger partial charge is 0.345 e. The van der Waals surface area contributed by atoms with E-state index in [1.54, 1.807) is 0 Å². The zero-order chi connectivity index (χ0) is 11.6. The van der Waals surface area contributed by atoms with Gasteiger partial charge in [-0.2, -0.15) is 0 Å². The van der Waals surface area contributed by atoms with Crippen LogP contribution in [-0.4, -0.2) is 16.0 Å². The van der Waals surface area contributed by atoms with Gasteiger partial charge in [0.05, 0.1) is 4.92 Å². The van der Waals surface area contributed by atoms with E-state index in [2.05, 4.69) is 0 Å². The summed E-state index contributed by atoms with van der Waals surface area (Å²) in [5, 5.41) is 18.9. The van der Waals surface area contributed by atoms with Crippen LogP contribution in [0.25, 0.3) is 0 Å². The Bertz CT molecular complexity index is 399. The van der Waals surface area contributed by atoms with E-state index in [4.69, 9.17) is 5.11 Å². The lowest BCUT2D eigenvalue weighted by atomic mass is 9.98. The van der Waals surface area contributed by atoms with Crippen molar-refractivity contribution >= 4 is 11.7 Å². The van der Waals surface area contributed by atoms with E-state index in [-0.39, 0.29) is 11.3 Å². The average molecular weight is 212 g/mol. The van der Waals surface area contributed by atoms with Crippen molar-refractivity contribution < 1.29 is 19.2 Å². The molecule has 6 heteroatoms. The molecule has 0 fully saturated rings. The van der Waals surface area contributed by atoms with Gasteiger partial charge < -0.3 is 5.11 Å². The molecule has 0 spiro atoms. The number of benzene rings is 1. The van der Waals surface area contributed by atoms with Crippen molar-refractivity contribution in [3.63, 3.8) is 0 Å². The Hall–Kier alpha value is -1.98. The average Bonchev–Trinajstić information content (AvgIpc) is 2.17. The van der Waals surface area contributed by atoms with Gasteiger partial charge in [0.15, 0.2) is 0 Å². The first-order chi connectivity index (χ1) is 6.85. The molecular weight excluding hydrogens is 204 g/mol. The molecule has 0 heterocycles. The molecule has 5 nitrogen and oxygen atoms in total. The van der Waals surface area contributed by atoms with Crippen LogP contribution in [0.5, 0.6) is 0 Å². The van der Waals surface area contributed by atoms with Crippen LogP contribution >= 0.6 is 0 Å². The highest BCUT2D eigenvalue weighted by molar-refractivity contribution is 5.78. The first-order valence-corrected chi connectivity index (χ1v) is 4.03. The van der Waals surface area contributed by atoms with Crippen molar-refractivity contribution in [1.82, 2.24) is 0 Å². The molecule has 1 unspecified atom stereocenters. The normalized spacial score (nSPS) is 14.3. The predicted molar refractivity (Wildman–Crippen MR) is 49.2 cm³/mol. The highest BCUT2D eigenvalue weighted by atomic mass is 18.2. The fraction of sp³-hybridized carbons (Fsp3) is 0.222. The number of carbonyl (C=O) groups is 1. The SMILES string of the molecule is CC([18F])(C(=O)O)c1ccc([N+](=O)[O-])cc1. The standard InChI is InChI=1S/C9H8FNO4/c1-9(10,8(12)13)6-2-4-7(5-3-6)11(14)15/h2-5H,1H3,(H,12,13)/i10-1. The van der Waals surface area contributed by atoms with Gasteiger partial charge in [0, 0.05) is 17.7 Å². The van der Waals surface area contributed by atoms with E-state index in [1.807, 2.05) is 0 Å². The number of non-ortho nitro benzene ring substituents is 1. The fourth-order valence-corrected chi connectivity index (χ4v) is 1.02. The summed E-state index contributed by atoms with van der Waals surface area (Å²) in [6.45, 7) is 0.885. The summed E-state index contributed by atoms with van der Waals surface area (Å²) in [5.41, 5.74) is -2.87. The van der Waals surface area contributed by atoms with Crippen LogP contribution in [0.1, 0.15) is 12.5 Å². The van der Waals surface area contributed by atoms with Crippen LogP contribution in [0.15, 0.2) is 24.3 Å². The number of nitrogens with zero attached hydrogens (tertiary/aromatic N) is 1. The lowest BCUT2D eigenvalue weighted by Gasteiger charge is -2.14. The summed E-state index contributed by atoms with van der Waals surface area (Å²) in [7, 11) is 0. The van der Waals surface area contributed by atoms with E-state index >= 15 is 0 Å². The van der Waals surface area contributed by atoms with Crippen LogP contribution in [0.3, 0.4) is 0 Å². The maximum Gasteiger partial charge on any atom is 0.345 e. The summed E-state index contributed by atoms with van der Waals surface area (Å²) in [6, 6.07) is 4.31. The molecule has 1 atom stereocenters. The molecule has 0 bridgehead atoms. The van der Waals surface area contributed by atoms with Crippen molar-refractivity contribution in [2.75, 3.05) is 0 Å². The second-order valence-electron chi connectivity index (χ2n) is 3.11. The molecule has 0 amide bonds. The zero-order valence-corrected chi connectivity index (χ0v) is 7.81. The Balaban J connectivity index is 3.09. The van der Waals surface area contributed by atoms with Gasteiger partial charge >= 0.3 is 5.97 Å². The van der Waals surface area contributed by atoms with Crippen LogP contribution in [0.4, 0.5) is 10.1 Å². The van der Waals surface area contributed by atoms with Crippen molar-refractivity contribution in [3.8, 4) is 0 Å². The van der Waals surface area contributed by atoms with E-state index in [0.29, 0.717) is 0 Å². The van der Waals surface area contributed by atoms with E-state index in [9.17, 15) is 19.3 Å². The number of carboxylic acids is 1. The topological polar surface area (TPSA) is 80.4 Å². The number of carboxylic acid groups (broad SMARTS) is 1. The molecule has 0 saturated carbocycles. The second-order valence-corrected chi connectivity index (χ2v) is 3.11. The van der Waals surface area contributed by atoms with Crippen LogP contribution in [-0.2, 0) is 10.5 Å². The number of alkyl halides is 1. The van der Waals surface area contributed by atoms with Gasteiger partial charge in [-0.05, 0) is 19.1 Å². The first kappa shape index (κ1) is 11.1. The third-order valence-electron chi connectivity index (χ3n) is 2.02. The minimum Gasteiger partial charge on any atom is -0.479 e. The molecule has 0 aromatic heterocycles. The van der Waals surface area contributed by atoms with Gasteiger partial charge in [-0.1, -0.05) is 0 Å². The van der Waals surface area contributed by atoms with Crippen molar-refractivity contribution in [2.24, 2.45) is 0 Å². The maximum atomic E-state index is 13.5. The molecule has 15 heavy (non-hydrogen) atoms. The van der Waals surface area contributed by atoms with Gasteiger partial charge in [0.1, 0.15) is 0 Å². The molecule has 0 aliphatic carbocycles. The maximum absolute atomic E-state index is 13.5. The molecular formula is C9H8FNO4. The molecule has 0 aliphatic heterocycles. The monoisotopic (exact) mass is 212 g/mol. The summed E-state index contributed by atoms with van der Waals surface area (Å²) in [4.78, 5) is 20.2. The minimum atomic E-state index is -2.53. The highest BCUT2D eigenvalue weighted by Crippen LogP contribution is 2.27. The Morgan fingerprint density at radius 2 is 1.93 bits per heavy atom. The molecule has 1 rings (SSSR count). The quantitative estimate of drug-likeness (QED) is 0.612. The third kappa shape index (κ3) is 2.09. The van der Waals surface area contributed by atoms with Gasteiger partial charge in [0.25, 0.3) is 5.69 Å². The van der Waals surface area contributed by atoms with E-state index < -0.39 is 16.6 Å². The molecule has 1 aromatic rings. The molecule has 1 aromatic carbocycles. The molecule has 0 radical (unpaired) electrons. The minimum absolute atomic E-state index is 0.124. The summed E-state index contributed by atoms with van der Waals surface area (Å²) in [6.07, 6.45) is 0. The summed E-state index contributed by atoms with van der Waals surface area (Å²) >= 11 is 0. The fourth-order valence-electron chi connectivity index (χ4n) is 1.02. The number of halogens is 1. The largest absolute Gasteiger partial charge is 0.479 e. The number of aliphatic carboxylic acids is 1. The number of nitro benzene ring substituents is 1. The molecule has 0 aliphatic rings. The molecule has 80 valence electrons. The highest BCUT2D eigenvalue weighted by Gasteiger charge is 2.35. The van der Waals surface area contributed by atoms with Gasteiger partial charge in [-0.3, -0.25) is 10.1 Å². The Labute approximate surface area is 84.3 Å². The van der Waals surface area contributed by atoms with Crippen LogP contribution in [0, 0.1) is 10.1 Å². The number of rotatable bonds is 3. The lowest BCUT2D eigenvalue weighted by Crippen LogP contribution is -2.26. The van der Waals surface area contributed by atoms with Crippen LogP contribution < -0.4 is 0 Å². The van der Waals surface area contributed by atoms with E-state index in [0.717, 1.165) is 31.2 Å². The summed E-state index contributed by atoms with van der Waals surface area (Å²) < 4.78 is 13.5. The Kier molecular flexibility index (Phi) is 2.69. The third-order valence-corrected chi connectivity index (χ3v) is 2.02. The van der Waals surface area contributed by atoms with E-state index in [1.165, 1.54) is 0 Å². The van der Waals surface area contributed by atoms with Crippen molar-refractivity contribution in [2.45, 2.75) is 12.6 Å².